The van der Waals surface area contributed by atoms with E-state index in [0.717, 1.165) is 44.6 Å². The smallest absolute Gasteiger partial charge is 0.333 e. The lowest BCUT2D eigenvalue weighted by atomic mass is 10.1. The first-order valence-corrected chi connectivity index (χ1v) is 7.32. The Bertz CT molecular complexity index is 315. The molecule has 1 heterocycles. The summed E-state index contributed by atoms with van der Waals surface area (Å²) in [6, 6.07) is 0.583. The summed E-state index contributed by atoms with van der Waals surface area (Å²) in [7, 11) is 3.63. The summed E-state index contributed by atoms with van der Waals surface area (Å²) in [5.74, 6) is -0.192. The van der Waals surface area contributed by atoms with Gasteiger partial charge in [-0.1, -0.05) is 19.9 Å². The maximum atomic E-state index is 11.6. The molecule has 1 saturated heterocycles. The minimum Gasteiger partial charge on any atom is -0.466 e. The van der Waals surface area contributed by atoms with Crippen LogP contribution in [-0.4, -0.2) is 62.1 Å². The molecule has 4 nitrogen and oxygen atoms in total. The number of hydrogen-bond acceptors (Lipinski definition) is 4. The number of methoxy groups -OCH3 is 1. The fourth-order valence-electron chi connectivity index (χ4n) is 2.65. The van der Waals surface area contributed by atoms with E-state index in [4.69, 9.17) is 4.74 Å². The van der Waals surface area contributed by atoms with Crippen LogP contribution in [0.15, 0.2) is 11.6 Å². The Labute approximate surface area is 117 Å². The molecule has 4 heteroatoms. The van der Waals surface area contributed by atoms with Crippen LogP contribution in [0.4, 0.5) is 0 Å². The number of esters is 1. The molecule has 1 fully saturated rings. The number of rotatable bonds is 5. The second-order valence-electron chi connectivity index (χ2n) is 5.25. The maximum Gasteiger partial charge on any atom is 0.333 e. The summed E-state index contributed by atoms with van der Waals surface area (Å²) in [4.78, 5) is 16.5. The van der Waals surface area contributed by atoms with Gasteiger partial charge in [0.2, 0.25) is 0 Å². The molecule has 0 amide bonds. The summed E-state index contributed by atoms with van der Waals surface area (Å²) in [5, 5.41) is 0. The van der Waals surface area contributed by atoms with Gasteiger partial charge in [-0.25, -0.2) is 4.79 Å². The van der Waals surface area contributed by atoms with Crippen LogP contribution in [-0.2, 0) is 9.53 Å². The molecule has 1 atom stereocenters. The van der Waals surface area contributed by atoms with E-state index in [2.05, 4.69) is 23.8 Å². The molecular weight excluding hydrogens is 240 g/mol. The Morgan fingerprint density at radius 1 is 1.37 bits per heavy atom. The van der Waals surface area contributed by atoms with Crippen molar-refractivity contribution in [2.24, 2.45) is 0 Å². The third-order valence-corrected chi connectivity index (χ3v) is 3.90. The van der Waals surface area contributed by atoms with E-state index >= 15 is 0 Å². The van der Waals surface area contributed by atoms with Crippen LogP contribution in [0.25, 0.3) is 0 Å². The van der Waals surface area contributed by atoms with E-state index in [-0.39, 0.29) is 5.97 Å². The quantitative estimate of drug-likeness (QED) is 0.563. The van der Waals surface area contributed by atoms with Crippen molar-refractivity contribution < 1.29 is 9.53 Å². The van der Waals surface area contributed by atoms with Crippen molar-refractivity contribution in [3.05, 3.63) is 11.6 Å². The zero-order valence-corrected chi connectivity index (χ0v) is 12.8. The SMILES string of the molecule is CC/C(=C/CN1CCCN(C)CC1CC)C(=O)OC. The Morgan fingerprint density at radius 3 is 2.68 bits per heavy atom. The molecule has 0 N–H and O–H groups in total. The molecule has 0 aromatic carbocycles. The van der Waals surface area contributed by atoms with Gasteiger partial charge >= 0.3 is 5.97 Å². The summed E-state index contributed by atoms with van der Waals surface area (Å²) in [6.45, 7) is 8.47. The molecule has 1 unspecified atom stereocenters. The lowest BCUT2D eigenvalue weighted by molar-refractivity contribution is -0.136. The van der Waals surface area contributed by atoms with E-state index < -0.39 is 0 Å². The maximum absolute atomic E-state index is 11.6. The van der Waals surface area contributed by atoms with Crippen molar-refractivity contribution in [1.82, 2.24) is 9.80 Å². The van der Waals surface area contributed by atoms with Gasteiger partial charge in [0.15, 0.2) is 0 Å². The highest BCUT2D eigenvalue weighted by molar-refractivity contribution is 5.88. The van der Waals surface area contributed by atoms with Crippen molar-refractivity contribution >= 4 is 5.97 Å². The Kier molecular flexibility index (Phi) is 7.10. The van der Waals surface area contributed by atoms with E-state index in [0.29, 0.717) is 6.04 Å². The lowest BCUT2D eigenvalue weighted by Gasteiger charge is -2.29. The van der Waals surface area contributed by atoms with Crippen molar-refractivity contribution in [3.63, 3.8) is 0 Å². The van der Waals surface area contributed by atoms with Crippen LogP contribution in [0.1, 0.15) is 33.1 Å². The molecular formula is C15H28N2O2. The minimum absolute atomic E-state index is 0.192. The van der Waals surface area contributed by atoms with Gasteiger partial charge in [-0.3, -0.25) is 4.90 Å². The molecule has 1 rings (SSSR count). The van der Waals surface area contributed by atoms with Crippen molar-refractivity contribution in [3.8, 4) is 0 Å². The first-order valence-electron chi connectivity index (χ1n) is 7.32. The highest BCUT2D eigenvalue weighted by atomic mass is 16.5. The Morgan fingerprint density at radius 2 is 2.11 bits per heavy atom. The van der Waals surface area contributed by atoms with E-state index in [1.165, 1.54) is 13.5 Å². The van der Waals surface area contributed by atoms with Gasteiger partial charge in [0.25, 0.3) is 0 Å². The standard InChI is InChI=1S/C15H28N2O2/c1-5-13(15(18)19-4)8-11-17-10-7-9-16(3)12-14(17)6-2/h8,14H,5-7,9-12H2,1-4H3/b13-8-. The summed E-state index contributed by atoms with van der Waals surface area (Å²) in [6.07, 6.45) is 5.12. The Balaban J connectivity index is 2.66. The topological polar surface area (TPSA) is 32.8 Å². The molecule has 0 aliphatic carbocycles. The average molecular weight is 268 g/mol. The molecule has 0 saturated carbocycles. The summed E-state index contributed by atoms with van der Waals surface area (Å²) in [5.41, 5.74) is 0.787. The third kappa shape index (κ3) is 4.96. The van der Waals surface area contributed by atoms with E-state index in [1.807, 2.05) is 13.0 Å². The summed E-state index contributed by atoms with van der Waals surface area (Å²) >= 11 is 0. The zero-order valence-electron chi connectivity index (χ0n) is 12.8. The van der Waals surface area contributed by atoms with Crippen molar-refractivity contribution in [1.29, 1.82) is 0 Å². The third-order valence-electron chi connectivity index (χ3n) is 3.90. The van der Waals surface area contributed by atoms with Gasteiger partial charge in [-0.2, -0.15) is 0 Å². The van der Waals surface area contributed by atoms with Crippen molar-refractivity contribution in [2.45, 2.75) is 39.2 Å². The van der Waals surface area contributed by atoms with Crippen LogP contribution < -0.4 is 0 Å². The minimum atomic E-state index is -0.192. The largest absolute Gasteiger partial charge is 0.466 e. The van der Waals surface area contributed by atoms with E-state index in [1.54, 1.807) is 0 Å². The summed E-state index contributed by atoms with van der Waals surface area (Å²) < 4.78 is 4.80. The zero-order chi connectivity index (χ0) is 14.3. The van der Waals surface area contributed by atoms with Crippen LogP contribution >= 0.6 is 0 Å². The first kappa shape index (κ1) is 16.2. The van der Waals surface area contributed by atoms with Gasteiger partial charge in [0.1, 0.15) is 0 Å². The molecule has 0 spiro atoms. The predicted octanol–water partition coefficient (Wildman–Crippen LogP) is 1.91. The second kappa shape index (κ2) is 8.33. The molecule has 0 aromatic rings. The first-order chi connectivity index (χ1) is 9.12. The molecule has 0 radical (unpaired) electrons. The van der Waals surface area contributed by atoms with Gasteiger partial charge in [0, 0.05) is 31.2 Å². The molecule has 110 valence electrons. The van der Waals surface area contributed by atoms with Crippen LogP contribution in [0, 0.1) is 0 Å². The van der Waals surface area contributed by atoms with Gasteiger partial charge in [-0.15, -0.1) is 0 Å². The Hall–Kier alpha value is -0.870. The lowest BCUT2D eigenvalue weighted by Crippen LogP contribution is -2.39. The number of carbonyl (C=O) groups is 1. The van der Waals surface area contributed by atoms with Gasteiger partial charge in [-0.05, 0) is 32.9 Å². The average Bonchev–Trinajstić information content (AvgIpc) is 2.60. The molecule has 1 aliphatic rings. The molecule has 0 aromatic heterocycles. The highest BCUT2D eigenvalue weighted by Crippen LogP contribution is 2.13. The normalized spacial score (nSPS) is 23.2. The van der Waals surface area contributed by atoms with Crippen LogP contribution in [0.3, 0.4) is 0 Å². The number of likely N-dealkylation sites (N-methyl/N-ethyl adjacent to an activating group) is 1. The molecule has 0 bridgehead atoms. The fraction of sp³-hybridized carbons (Fsp3) is 0.800. The second-order valence-corrected chi connectivity index (χ2v) is 5.25. The van der Waals surface area contributed by atoms with E-state index in [9.17, 15) is 4.79 Å². The number of nitrogens with zero attached hydrogens (tertiary/aromatic N) is 2. The van der Waals surface area contributed by atoms with Crippen LogP contribution in [0.2, 0.25) is 0 Å². The predicted molar refractivity (Wildman–Crippen MR) is 78.2 cm³/mol. The monoisotopic (exact) mass is 268 g/mol. The van der Waals surface area contributed by atoms with Crippen LogP contribution in [0.5, 0.6) is 0 Å². The molecule has 1 aliphatic heterocycles. The number of hydrogen-bond donors (Lipinski definition) is 0. The molecule has 19 heavy (non-hydrogen) atoms. The number of ether oxygens (including phenoxy) is 1. The van der Waals surface area contributed by atoms with Crippen molar-refractivity contribution in [2.75, 3.05) is 40.3 Å². The highest BCUT2D eigenvalue weighted by Gasteiger charge is 2.21. The fourth-order valence-corrected chi connectivity index (χ4v) is 2.65. The number of carbonyl (C=O) groups excluding carboxylic acids is 1. The van der Waals surface area contributed by atoms with Gasteiger partial charge < -0.3 is 9.64 Å². The van der Waals surface area contributed by atoms with Gasteiger partial charge in [0.05, 0.1) is 7.11 Å².